The predicted octanol–water partition coefficient (Wildman–Crippen LogP) is 5.84. The van der Waals surface area contributed by atoms with Crippen molar-refractivity contribution in [2.45, 2.75) is 30.5 Å². The Balaban J connectivity index is 1.74. The molecule has 0 radical (unpaired) electrons. The first kappa shape index (κ1) is 15.1. The summed E-state index contributed by atoms with van der Waals surface area (Å²) in [5.41, 5.74) is 4.16. The van der Waals surface area contributed by atoms with Crippen LogP contribution in [0.1, 0.15) is 35.4 Å². The summed E-state index contributed by atoms with van der Waals surface area (Å²) in [7, 11) is 0. The molecule has 0 fully saturated rings. The maximum absolute atomic E-state index is 6.13. The van der Waals surface area contributed by atoms with Crippen LogP contribution in [0.3, 0.4) is 0 Å². The van der Waals surface area contributed by atoms with Crippen molar-refractivity contribution in [2.75, 3.05) is 6.61 Å². The molecule has 0 bridgehead atoms. The maximum Gasteiger partial charge on any atom is 0.123 e. The molecule has 0 amide bonds. The van der Waals surface area contributed by atoms with E-state index in [1.165, 1.54) is 36.0 Å². The Bertz CT molecular complexity index is 624. The van der Waals surface area contributed by atoms with Crippen molar-refractivity contribution in [2.24, 2.45) is 0 Å². The van der Waals surface area contributed by atoms with Crippen LogP contribution in [0.15, 0.2) is 46.9 Å². The number of hydrogen-bond donors (Lipinski definition) is 0. The molecule has 3 heteroatoms. The van der Waals surface area contributed by atoms with Gasteiger partial charge < -0.3 is 4.74 Å². The van der Waals surface area contributed by atoms with Crippen molar-refractivity contribution in [3.63, 3.8) is 0 Å². The van der Waals surface area contributed by atoms with Crippen LogP contribution in [0.4, 0.5) is 0 Å². The first-order chi connectivity index (χ1) is 10.3. The van der Waals surface area contributed by atoms with E-state index in [-0.39, 0.29) is 0 Å². The number of fused-ring (bicyclic) bond motifs is 1. The molecule has 1 aliphatic carbocycles. The fourth-order valence-electron chi connectivity index (χ4n) is 3.01. The minimum atomic E-state index is 0.516. The summed E-state index contributed by atoms with van der Waals surface area (Å²) in [6.07, 6.45) is 3.69. The van der Waals surface area contributed by atoms with E-state index in [1.807, 2.05) is 6.07 Å². The van der Waals surface area contributed by atoms with Gasteiger partial charge in [0, 0.05) is 21.3 Å². The zero-order chi connectivity index (χ0) is 14.7. The molecule has 3 rings (SSSR count). The van der Waals surface area contributed by atoms with Crippen LogP contribution >= 0.6 is 31.9 Å². The highest BCUT2D eigenvalue weighted by Crippen LogP contribution is 2.33. The molecule has 0 aromatic heterocycles. The molecule has 2 aromatic carbocycles. The monoisotopic (exact) mass is 408 g/mol. The number of aryl methyl sites for hydroxylation is 1. The maximum atomic E-state index is 6.13. The van der Waals surface area contributed by atoms with E-state index in [9.17, 15) is 0 Å². The lowest BCUT2D eigenvalue weighted by Crippen LogP contribution is -2.17. The molecule has 0 aliphatic heterocycles. The summed E-state index contributed by atoms with van der Waals surface area (Å²) < 4.78 is 7.22. The van der Waals surface area contributed by atoms with Crippen LogP contribution in [0.25, 0.3) is 0 Å². The number of alkyl halides is 1. The van der Waals surface area contributed by atoms with Crippen LogP contribution in [0.5, 0.6) is 5.75 Å². The van der Waals surface area contributed by atoms with Gasteiger partial charge in [-0.3, -0.25) is 0 Å². The van der Waals surface area contributed by atoms with Crippen molar-refractivity contribution in [1.29, 1.82) is 0 Å². The standard InChI is InChI=1S/C18H18Br2O/c19-11-15-10-16(20)8-9-18(15)21-12-14-6-3-5-13-4-1-2-7-17(13)14/h1-2,4,7-10,14H,3,5-6,11-12H2. The molecule has 110 valence electrons. The first-order valence-electron chi connectivity index (χ1n) is 7.33. The van der Waals surface area contributed by atoms with E-state index >= 15 is 0 Å². The van der Waals surface area contributed by atoms with Crippen LogP contribution in [-0.4, -0.2) is 6.61 Å². The fraction of sp³-hybridized carbons (Fsp3) is 0.333. The molecule has 1 nitrogen and oxygen atoms in total. The summed E-state index contributed by atoms with van der Waals surface area (Å²) in [5.74, 6) is 1.50. The molecule has 0 N–H and O–H groups in total. The number of benzene rings is 2. The minimum absolute atomic E-state index is 0.516. The second kappa shape index (κ2) is 6.97. The highest BCUT2D eigenvalue weighted by molar-refractivity contribution is 9.10. The first-order valence-corrected chi connectivity index (χ1v) is 9.24. The zero-order valence-electron chi connectivity index (χ0n) is 11.8. The zero-order valence-corrected chi connectivity index (χ0v) is 15.0. The Hall–Kier alpha value is -0.800. The van der Waals surface area contributed by atoms with Gasteiger partial charge in [-0.1, -0.05) is 56.1 Å². The van der Waals surface area contributed by atoms with Gasteiger partial charge in [0.2, 0.25) is 0 Å². The summed E-state index contributed by atoms with van der Waals surface area (Å²) in [4.78, 5) is 0. The van der Waals surface area contributed by atoms with Crippen molar-refractivity contribution in [3.05, 3.63) is 63.6 Å². The molecule has 0 spiro atoms. The summed E-state index contributed by atoms with van der Waals surface area (Å²) in [5, 5.41) is 0.809. The summed E-state index contributed by atoms with van der Waals surface area (Å²) in [6.45, 7) is 0.763. The highest BCUT2D eigenvalue weighted by atomic mass is 79.9. The lowest BCUT2D eigenvalue weighted by molar-refractivity contribution is 0.273. The van der Waals surface area contributed by atoms with Gasteiger partial charge in [0.25, 0.3) is 0 Å². The molecule has 2 aromatic rings. The molecule has 1 unspecified atom stereocenters. The average Bonchev–Trinajstić information content (AvgIpc) is 2.53. The Morgan fingerprint density at radius 1 is 1.14 bits per heavy atom. The predicted molar refractivity (Wildman–Crippen MR) is 94.4 cm³/mol. The van der Waals surface area contributed by atoms with Gasteiger partial charge in [-0.15, -0.1) is 0 Å². The van der Waals surface area contributed by atoms with E-state index < -0.39 is 0 Å². The van der Waals surface area contributed by atoms with Gasteiger partial charge in [-0.25, -0.2) is 0 Å². The summed E-state index contributed by atoms with van der Waals surface area (Å²) >= 11 is 7.04. The Labute approximate surface area is 143 Å². The normalized spacial score (nSPS) is 17.3. The van der Waals surface area contributed by atoms with Crippen molar-refractivity contribution in [3.8, 4) is 5.75 Å². The lowest BCUT2D eigenvalue weighted by atomic mass is 9.83. The van der Waals surface area contributed by atoms with Gasteiger partial charge in [0.05, 0.1) is 6.61 Å². The van der Waals surface area contributed by atoms with E-state index in [4.69, 9.17) is 4.74 Å². The third-order valence-electron chi connectivity index (χ3n) is 4.10. The molecular weight excluding hydrogens is 392 g/mol. The van der Waals surface area contributed by atoms with Crippen molar-refractivity contribution < 1.29 is 4.74 Å². The molecule has 0 saturated carbocycles. The molecule has 21 heavy (non-hydrogen) atoms. The molecule has 1 aliphatic rings. The quantitative estimate of drug-likeness (QED) is 0.576. The Kier molecular flexibility index (Phi) is 5.02. The fourth-order valence-corrected chi connectivity index (χ4v) is 3.86. The molecule has 0 saturated heterocycles. The third-order valence-corrected chi connectivity index (χ3v) is 5.20. The highest BCUT2D eigenvalue weighted by Gasteiger charge is 2.20. The van der Waals surface area contributed by atoms with E-state index in [0.29, 0.717) is 5.92 Å². The van der Waals surface area contributed by atoms with Crippen LogP contribution in [0.2, 0.25) is 0 Å². The summed E-state index contributed by atoms with van der Waals surface area (Å²) in [6, 6.07) is 15.0. The van der Waals surface area contributed by atoms with E-state index in [2.05, 4.69) is 68.3 Å². The molecule has 0 heterocycles. The number of hydrogen-bond acceptors (Lipinski definition) is 1. The largest absolute Gasteiger partial charge is 0.493 e. The second-order valence-corrected chi connectivity index (χ2v) is 6.96. The average molecular weight is 410 g/mol. The van der Waals surface area contributed by atoms with Crippen molar-refractivity contribution in [1.82, 2.24) is 0 Å². The topological polar surface area (TPSA) is 9.23 Å². The third kappa shape index (κ3) is 3.51. The molecule has 1 atom stereocenters. The smallest absolute Gasteiger partial charge is 0.123 e. The van der Waals surface area contributed by atoms with Crippen LogP contribution in [-0.2, 0) is 11.8 Å². The number of halogens is 2. The van der Waals surface area contributed by atoms with Crippen molar-refractivity contribution >= 4 is 31.9 Å². The van der Waals surface area contributed by atoms with Gasteiger partial charge in [-0.05, 0) is 48.6 Å². The number of rotatable bonds is 4. The van der Waals surface area contributed by atoms with Gasteiger partial charge in [0.15, 0.2) is 0 Å². The van der Waals surface area contributed by atoms with Gasteiger partial charge >= 0.3 is 0 Å². The van der Waals surface area contributed by atoms with Gasteiger partial charge in [0.1, 0.15) is 5.75 Å². The lowest BCUT2D eigenvalue weighted by Gasteiger charge is -2.25. The van der Waals surface area contributed by atoms with Crippen LogP contribution in [0, 0.1) is 0 Å². The van der Waals surface area contributed by atoms with E-state index in [1.54, 1.807) is 0 Å². The van der Waals surface area contributed by atoms with E-state index in [0.717, 1.165) is 22.2 Å². The SMILES string of the molecule is BrCc1cc(Br)ccc1OCC1CCCc2ccccc21. The Morgan fingerprint density at radius 3 is 2.86 bits per heavy atom. The Morgan fingerprint density at radius 2 is 2.00 bits per heavy atom. The minimum Gasteiger partial charge on any atom is -0.493 e. The van der Waals surface area contributed by atoms with Gasteiger partial charge in [-0.2, -0.15) is 0 Å². The number of ether oxygens (including phenoxy) is 1. The molecular formula is C18H18Br2O. The second-order valence-electron chi connectivity index (χ2n) is 5.48. The van der Waals surface area contributed by atoms with Crippen LogP contribution < -0.4 is 4.74 Å².